The van der Waals surface area contributed by atoms with Crippen LogP contribution in [0.3, 0.4) is 0 Å². The van der Waals surface area contributed by atoms with E-state index in [2.05, 4.69) is 15.5 Å². The first kappa shape index (κ1) is 19.1. The van der Waals surface area contributed by atoms with Gasteiger partial charge in [-0.2, -0.15) is 4.98 Å². The molecule has 8 nitrogen and oxygen atoms in total. The number of nitrogens with one attached hydrogen (secondary N) is 1. The summed E-state index contributed by atoms with van der Waals surface area (Å²) in [4.78, 5) is 20.7. The number of anilines is 2. The zero-order valence-corrected chi connectivity index (χ0v) is 16.6. The molecule has 0 atom stereocenters. The molecule has 1 aliphatic heterocycles. The first-order valence-corrected chi connectivity index (χ1v) is 9.55. The van der Waals surface area contributed by atoms with Crippen LogP contribution in [-0.4, -0.2) is 54.4 Å². The SMILES string of the molecule is COc1ccc(-c2noc(N3CCN(C(=O)Nc4cccc(Cl)c4)CC3)n2)cc1. The summed E-state index contributed by atoms with van der Waals surface area (Å²) in [5.41, 5.74) is 1.52. The van der Waals surface area contributed by atoms with Crippen molar-refractivity contribution >= 4 is 29.3 Å². The summed E-state index contributed by atoms with van der Waals surface area (Å²) < 4.78 is 10.6. The fraction of sp³-hybridized carbons (Fsp3) is 0.250. The highest BCUT2D eigenvalue weighted by Crippen LogP contribution is 2.23. The number of nitrogens with zero attached hydrogens (tertiary/aromatic N) is 4. The largest absolute Gasteiger partial charge is 0.497 e. The number of methoxy groups -OCH3 is 1. The summed E-state index contributed by atoms with van der Waals surface area (Å²) in [5.74, 6) is 1.29. The van der Waals surface area contributed by atoms with Crippen LogP contribution in [-0.2, 0) is 0 Å². The van der Waals surface area contributed by atoms with Crippen molar-refractivity contribution in [3.05, 3.63) is 53.6 Å². The summed E-state index contributed by atoms with van der Waals surface area (Å²) in [6.07, 6.45) is 0. The van der Waals surface area contributed by atoms with Crippen molar-refractivity contribution in [1.82, 2.24) is 15.0 Å². The van der Waals surface area contributed by atoms with Crippen molar-refractivity contribution in [3.63, 3.8) is 0 Å². The standard InChI is InChI=1S/C20H20ClN5O3/c1-28-17-7-5-14(6-8-17)18-23-20(29-24-18)26-11-9-25(10-12-26)19(27)22-16-4-2-3-15(21)13-16/h2-8,13H,9-12H2,1H3,(H,22,27). The fourth-order valence-corrected chi connectivity index (χ4v) is 3.26. The van der Waals surface area contributed by atoms with E-state index in [0.717, 1.165) is 11.3 Å². The molecule has 0 spiro atoms. The normalized spacial score (nSPS) is 14.0. The highest BCUT2D eigenvalue weighted by atomic mass is 35.5. The van der Waals surface area contributed by atoms with Crippen LogP contribution >= 0.6 is 11.6 Å². The Morgan fingerprint density at radius 1 is 1.14 bits per heavy atom. The van der Waals surface area contributed by atoms with Crippen molar-refractivity contribution < 1.29 is 14.1 Å². The van der Waals surface area contributed by atoms with Crippen LogP contribution in [0, 0.1) is 0 Å². The minimum Gasteiger partial charge on any atom is -0.497 e. The molecule has 1 fully saturated rings. The van der Waals surface area contributed by atoms with E-state index in [1.165, 1.54) is 0 Å². The van der Waals surface area contributed by atoms with Gasteiger partial charge in [-0.15, -0.1) is 0 Å². The average molecular weight is 414 g/mol. The Morgan fingerprint density at radius 2 is 1.90 bits per heavy atom. The number of piperazine rings is 1. The molecule has 4 rings (SSSR count). The predicted octanol–water partition coefficient (Wildman–Crippen LogP) is 3.75. The third-order valence-electron chi connectivity index (χ3n) is 4.68. The fourth-order valence-electron chi connectivity index (χ4n) is 3.07. The topological polar surface area (TPSA) is 83.7 Å². The number of carbonyl (C=O) groups excluding carboxylic acids is 1. The molecule has 1 N–H and O–H groups in total. The van der Waals surface area contributed by atoms with E-state index < -0.39 is 0 Å². The minimum atomic E-state index is -0.156. The second-order valence-electron chi connectivity index (χ2n) is 6.54. The lowest BCUT2D eigenvalue weighted by atomic mass is 10.2. The Kier molecular flexibility index (Phi) is 5.53. The van der Waals surface area contributed by atoms with Gasteiger partial charge in [0, 0.05) is 42.5 Å². The van der Waals surface area contributed by atoms with E-state index >= 15 is 0 Å². The van der Waals surface area contributed by atoms with Crippen molar-refractivity contribution in [2.24, 2.45) is 0 Å². The van der Waals surface area contributed by atoms with Gasteiger partial charge in [0.1, 0.15) is 5.75 Å². The number of urea groups is 1. The van der Waals surface area contributed by atoms with Crippen LogP contribution in [0.4, 0.5) is 16.5 Å². The Balaban J connectivity index is 1.34. The highest BCUT2D eigenvalue weighted by molar-refractivity contribution is 6.30. The molecule has 0 aliphatic carbocycles. The maximum Gasteiger partial charge on any atom is 0.324 e. The number of carbonyl (C=O) groups is 1. The van der Waals surface area contributed by atoms with Gasteiger partial charge in [-0.1, -0.05) is 22.8 Å². The van der Waals surface area contributed by atoms with E-state index in [4.69, 9.17) is 20.9 Å². The lowest BCUT2D eigenvalue weighted by Gasteiger charge is -2.33. The number of ether oxygens (including phenoxy) is 1. The molecule has 2 amide bonds. The number of benzene rings is 2. The smallest absolute Gasteiger partial charge is 0.324 e. The Morgan fingerprint density at radius 3 is 2.59 bits per heavy atom. The summed E-state index contributed by atoms with van der Waals surface area (Å²) in [6, 6.07) is 14.8. The Bertz CT molecular complexity index is 984. The van der Waals surface area contributed by atoms with Crippen molar-refractivity contribution in [2.45, 2.75) is 0 Å². The van der Waals surface area contributed by atoms with Crippen LogP contribution in [0.2, 0.25) is 5.02 Å². The van der Waals surface area contributed by atoms with Gasteiger partial charge < -0.3 is 24.4 Å². The number of aromatic nitrogens is 2. The minimum absolute atomic E-state index is 0.156. The van der Waals surface area contributed by atoms with Crippen LogP contribution in [0.25, 0.3) is 11.4 Å². The molecule has 1 aromatic heterocycles. The molecule has 0 saturated carbocycles. The van der Waals surface area contributed by atoms with E-state index in [9.17, 15) is 4.79 Å². The molecular formula is C20H20ClN5O3. The number of rotatable bonds is 4. The van der Waals surface area contributed by atoms with Crippen LogP contribution < -0.4 is 15.0 Å². The third kappa shape index (κ3) is 4.43. The summed E-state index contributed by atoms with van der Waals surface area (Å²) in [7, 11) is 1.62. The molecule has 29 heavy (non-hydrogen) atoms. The molecule has 0 unspecified atom stereocenters. The third-order valence-corrected chi connectivity index (χ3v) is 4.91. The first-order valence-electron chi connectivity index (χ1n) is 9.17. The van der Waals surface area contributed by atoms with Crippen LogP contribution in [0.5, 0.6) is 5.75 Å². The molecule has 2 heterocycles. The molecule has 2 aromatic carbocycles. The Labute approximate surface area is 173 Å². The van der Waals surface area contributed by atoms with Gasteiger partial charge in [0.25, 0.3) is 0 Å². The monoisotopic (exact) mass is 413 g/mol. The van der Waals surface area contributed by atoms with Gasteiger partial charge in [-0.25, -0.2) is 4.79 Å². The van der Waals surface area contributed by atoms with Gasteiger partial charge in [0.15, 0.2) is 0 Å². The number of halogens is 1. The first-order chi connectivity index (χ1) is 14.1. The van der Waals surface area contributed by atoms with Gasteiger partial charge in [-0.3, -0.25) is 0 Å². The van der Waals surface area contributed by atoms with Crippen molar-refractivity contribution in [2.75, 3.05) is 43.5 Å². The van der Waals surface area contributed by atoms with Crippen molar-refractivity contribution in [1.29, 1.82) is 0 Å². The maximum absolute atomic E-state index is 12.5. The quantitative estimate of drug-likeness (QED) is 0.701. The maximum atomic E-state index is 12.5. The zero-order chi connectivity index (χ0) is 20.2. The summed E-state index contributed by atoms with van der Waals surface area (Å²) >= 11 is 5.96. The molecular weight excluding hydrogens is 394 g/mol. The number of hydrogen-bond acceptors (Lipinski definition) is 6. The van der Waals surface area contributed by atoms with Gasteiger partial charge in [0.05, 0.1) is 7.11 Å². The second-order valence-corrected chi connectivity index (χ2v) is 6.98. The van der Waals surface area contributed by atoms with E-state index in [1.54, 1.807) is 36.3 Å². The van der Waals surface area contributed by atoms with E-state index in [0.29, 0.717) is 48.7 Å². The molecule has 150 valence electrons. The predicted molar refractivity (Wildman–Crippen MR) is 111 cm³/mol. The molecule has 0 bridgehead atoms. The Hall–Kier alpha value is -3.26. The second kappa shape index (κ2) is 8.40. The van der Waals surface area contributed by atoms with Gasteiger partial charge in [-0.05, 0) is 42.5 Å². The molecule has 0 radical (unpaired) electrons. The van der Waals surface area contributed by atoms with Crippen LogP contribution in [0.1, 0.15) is 0 Å². The molecule has 1 aliphatic rings. The lowest BCUT2D eigenvalue weighted by molar-refractivity contribution is 0.206. The van der Waals surface area contributed by atoms with E-state index in [-0.39, 0.29) is 6.03 Å². The number of amides is 2. The number of hydrogen-bond donors (Lipinski definition) is 1. The van der Waals surface area contributed by atoms with Gasteiger partial charge in [0.2, 0.25) is 5.82 Å². The molecule has 1 saturated heterocycles. The lowest BCUT2D eigenvalue weighted by Crippen LogP contribution is -2.50. The molecule has 9 heteroatoms. The van der Waals surface area contributed by atoms with Crippen molar-refractivity contribution in [3.8, 4) is 17.1 Å². The van der Waals surface area contributed by atoms with E-state index in [1.807, 2.05) is 29.2 Å². The van der Waals surface area contributed by atoms with Gasteiger partial charge >= 0.3 is 12.0 Å². The molecule has 3 aromatic rings. The highest BCUT2D eigenvalue weighted by Gasteiger charge is 2.24. The average Bonchev–Trinajstić information content (AvgIpc) is 3.24. The summed E-state index contributed by atoms with van der Waals surface area (Å²) in [5, 5.41) is 7.51. The van der Waals surface area contributed by atoms with Crippen LogP contribution in [0.15, 0.2) is 53.1 Å². The zero-order valence-electron chi connectivity index (χ0n) is 15.8. The summed E-state index contributed by atoms with van der Waals surface area (Å²) in [6.45, 7) is 2.31.